The molecular weight excluding hydrogens is 306 g/mol. The van der Waals surface area contributed by atoms with Crippen LogP contribution in [0.5, 0.6) is 11.5 Å². The number of methoxy groups -OCH3 is 1. The van der Waals surface area contributed by atoms with Gasteiger partial charge in [-0.2, -0.15) is 5.10 Å². The van der Waals surface area contributed by atoms with E-state index in [1.54, 1.807) is 18.2 Å². The second-order valence-corrected chi connectivity index (χ2v) is 4.83. The van der Waals surface area contributed by atoms with Crippen LogP contribution in [0.15, 0.2) is 36.5 Å². The average molecular weight is 318 g/mol. The minimum atomic E-state index is -0.888. The van der Waals surface area contributed by atoms with Crippen LogP contribution < -0.4 is 9.47 Å². The molecule has 0 atom stereocenters. The summed E-state index contributed by atoms with van der Waals surface area (Å²) >= 11 is 0. The summed E-state index contributed by atoms with van der Waals surface area (Å²) in [5.74, 6) is -2.02. The molecule has 0 aliphatic heterocycles. The zero-order chi connectivity index (χ0) is 16.6. The lowest BCUT2D eigenvalue weighted by Gasteiger charge is -2.07. The topological polar surface area (TPSA) is 53.4 Å². The van der Waals surface area contributed by atoms with E-state index in [9.17, 15) is 13.6 Å². The Hall–Kier alpha value is -2.96. The van der Waals surface area contributed by atoms with Gasteiger partial charge in [-0.1, -0.05) is 0 Å². The average Bonchev–Trinajstić information content (AvgIpc) is 2.87. The largest absolute Gasteiger partial charge is 0.497 e. The first-order chi connectivity index (χ1) is 11.0. The first-order valence-corrected chi connectivity index (χ1v) is 6.69. The Morgan fingerprint density at radius 3 is 2.43 bits per heavy atom. The van der Waals surface area contributed by atoms with Gasteiger partial charge in [0.2, 0.25) is 0 Å². The minimum absolute atomic E-state index is 0.199. The fourth-order valence-electron chi connectivity index (χ4n) is 2.23. The van der Waals surface area contributed by atoms with Gasteiger partial charge in [-0.25, -0.2) is 13.5 Å². The molecule has 5 nitrogen and oxygen atoms in total. The van der Waals surface area contributed by atoms with Crippen molar-refractivity contribution in [3.05, 3.63) is 48.2 Å². The van der Waals surface area contributed by atoms with E-state index in [1.165, 1.54) is 13.3 Å². The van der Waals surface area contributed by atoms with Crippen molar-refractivity contribution < 1.29 is 23.0 Å². The summed E-state index contributed by atoms with van der Waals surface area (Å²) in [4.78, 5) is 10.9. The van der Waals surface area contributed by atoms with E-state index in [-0.39, 0.29) is 11.4 Å². The molecule has 0 bridgehead atoms. The summed E-state index contributed by atoms with van der Waals surface area (Å²) in [6.45, 7) is 1.15. The number of benzene rings is 2. The van der Waals surface area contributed by atoms with Gasteiger partial charge in [0, 0.05) is 30.6 Å². The molecule has 0 spiro atoms. The second kappa shape index (κ2) is 5.68. The number of carbonyl (C=O) groups is 1. The highest BCUT2D eigenvalue weighted by Gasteiger charge is 2.16. The van der Waals surface area contributed by atoms with Crippen molar-refractivity contribution in [3.8, 4) is 17.2 Å². The molecule has 0 amide bonds. The van der Waals surface area contributed by atoms with Crippen molar-refractivity contribution in [1.29, 1.82) is 0 Å². The molecule has 1 heterocycles. The van der Waals surface area contributed by atoms with Crippen LogP contribution in [0.3, 0.4) is 0 Å². The van der Waals surface area contributed by atoms with E-state index in [4.69, 9.17) is 9.47 Å². The van der Waals surface area contributed by atoms with Crippen LogP contribution >= 0.6 is 0 Å². The highest BCUT2D eigenvalue weighted by atomic mass is 19.1. The first-order valence-electron chi connectivity index (χ1n) is 6.69. The van der Waals surface area contributed by atoms with Crippen molar-refractivity contribution in [2.24, 2.45) is 0 Å². The molecule has 3 rings (SSSR count). The molecule has 0 saturated carbocycles. The zero-order valence-electron chi connectivity index (χ0n) is 12.3. The lowest BCUT2D eigenvalue weighted by molar-refractivity contribution is -0.131. The van der Waals surface area contributed by atoms with Gasteiger partial charge in [-0.15, -0.1) is 0 Å². The number of hydrogen-bond acceptors (Lipinski definition) is 4. The Bertz CT molecular complexity index is 882. The number of ether oxygens (including phenoxy) is 2. The molecule has 3 aromatic rings. The van der Waals surface area contributed by atoms with E-state index >= 15 is 0 Å². The maximum absolute atomic E-state index is 14.2. The van der Waals surface area contributed by atoms with Gasteiger partial charge in [0.25, 0.3) is 0 Å². The summed E-state index contributed by atoms with van der Waals surface area (Å²) in [6, 6.07) is 6.98. The Labute approximate surface area is 130 Å². The van der Waals surface area contributed by atoms with Gasteiger partial charge in [-0.05, 0) is 18.2 Å². The third-order valence-corrected chi connectivity index (χ3v) is 3.19. The number of fused-ring (bicyclic) bond motifs is 1. The predicted octanol–water partition coefficient (Wildman–Crippen LogP) is 3.24. The van der Waals surface area contributed by atoms with Gasteiger partial charge in [-0.3, -0.25) is 4.79 Å². The summed E-state index contributed by atoms with van der Waals surface area (Å²) in [6.07, 6.45) is 1.49. The molecule has 0 aliphatic rings. The molecule has 1 aromatic heterocycles. The Morgan fingerprint density at radius 1 is 1.13 bits per heavy atom. The lowest BCUT2D eigenvalue weighted by atomic mass is 10.2. The Morgan fingerprint density at radius 2 is 1.83 bits per heavy atom. The highest BCUT2D eigenvalue weighted by Crippen LogP contribution is 2.26. The number of halogens is 2. The summed E-state index contributed by atoms with van der Waals surface area (Å²) in [5, 5.41) is 4.82. The van der Waals surface area contributed by atoms with Crippen LogP contribution in [-0.2, 0) is 4.79 Å². The summed E-state index contributed by atoms with van der Waals surface area (Å²) in [5.41, 5.74) is 0.213. The standard InChI is InChI=1S/C16H12F2N2O3/c1-9(21)23-12-6-13(17)16(14(18)7-12)20-8-10-5-11(22-2)3-4-15(10)19-20/h3-8H,1-2H3. The van der Waals surface area contributed by atoms with Crippen LogP contribution in [0.25, 0.3) is 16.6 Å². The van der Waals surface area contributed by atoms with Crippen molar-refractivity contribution in [2.45, 2.75) is 6.92 Å². The van der Waals surface area contributed by atoms with Crippen LogP contribution in [0.1, 0.15) is 6.92 Å². The molecule has 23 heavy (non-hydrogen) atoms. The predicted molar refractivity (Wildman–Crippen MR) is 78.8 cm³/mol. The van der Waals surface area contributed by atoms with Gasteiger partial charge < -0.3 is 9.47 Å². The van der Waals surface area contributed by atoms with E-state index in [0.717, 1.165) is 23.7 Å². The van der Waals surface area contributed by atoms with Gasteiger partial charge in [0.1, 0.15) is 17.2 Å². The normalized spacial score (nSPS) is 10.8. The Kier molecular flexibility index (Phi) is 3.69. The number of rotatable bonds is 3. The molecule has 2 aromatic carbocycles. The Balaban J connectivity index is 2.09. The molecule has 7 heteroatoms. The number of carbonyl (C=O) groups excluding carboxylic acids is 1. The first kappa shape index (κ1) is 15.0. The lowest BCUT2D eigenvalue weighted by Crippen LogP contribution is -2.06. The van der Waals surface area contributed by atoms with Crippen LogP contribution in [0.4, 0.5) is 8.78 Å². The van der Waals surface area contributed by atoms with Crippen molar-refractivity contribution in [3.63, 3.8) is 0 Å². The van der Waals surface area contributed by atoms with Crippen LogP contribution in [-0.4, -0.2) is 22.9 Å². The molecule has 0 radical (unpaired) electrons. The van der Waals surface area contributed by atoms with Gasteiger partial charge in [0.05, 0.1) is 12.6 Å². The number of nitrogens with zero attached hydrogens (tertiary/aromatic N) is 2. The molecular formula is C16H12F2N2O3. The maximum Gasteiger partial charge on any atom is 0.308 e. The molecule has 0 unspecified atom stereocenters. The van der Waals surface area contributed by atoms with Crippen molar-refractivity contribution in [1.82, 2.24) is 9.78 Å². The molecule has 0 aliphatic carbocycles. The molecule has 0 N–H and O–H groups in total. The minimum Gasteiger partial charge on any atom is -0.497 e. The summed E-state index contributed by atoms with van der Waals surface area (Å²) < 4.78 is 39.3. The fraction of sp³-hybridized carbons (Fsp3) is 0.125. The quantitative estimate of drug-likeness (QED) is 0.549. The number of aromatic nitrogens is 2. The third-order valence-electron chi connectivity index (χ3n) is 3.19. The van der Waals surface area contributed by atoms with E-state index < -0.39 is 17.6 Å². The number of esters is 1. The smallest absolute Gasteiger partial charge is 0.308 e. The van der Waals surface area contributed by atoms with Crippen LogP contribution in [0.2, 0.25) is 0 Å². The summed E-state index contributed by atoms with van der Waals surface area (Å²) in [7, 11) is 1.53. The van der Waals surface area contributed by atoms with Crippen LogP contribution in [0, 0.1) is 11.6 Å². The van der Waals surface area contributed by atoms with E-state index in [0.29, 0.717) is 16.7 Å². The van der Waals surface area contributed by atoms with E-state index in [2.05, 4.69) is 5.10 Å². The van der Waals surface area contributed by atoms with Gasteiger partial charge >= 0.3 is 5.97 Å². The van der Waals surface area contributed by atoms with E-state index in [1.807, 2.05) is 0 Å². The zero-order valence-corrected chi connectivity index (χ0v) is 12.3. The fourth-order valence-corrected chi connectivity index (χ4v) is 2.23. The SMILES string of the molecule is COc1ccc2nn(-c3c(F)cc(OC(C)=O)cc3F)cc2c1. The maximum atomic E-state index is 14.2. The molecule has 0 saturated heterocycles. The van der Waals surface area contributed by atoms with Gasteiger partial charge in [0.15, 0.2) is 11.6 Å². The number of hydrogen-bond donors (Lipinski definition) is 0. The third kappa shape index (κ3) is 2.85. The molecule has 0 fully saturated rings. The molecule has 118 valence electrons. The highest BCUT2D eigenvalue weighted by molar-refractivity contribution is 5.80. The second-order valence-electron chi connectivity index (χ2n) is 4.83. The van der Waals surface area contributed by atoms with Crippen molar-refractivity contribution in [2.75, 3.05) is 7.11 Å². The monoisotopic (exact) mass is 318 g/mol. The van der Waals surface area contributed by atoms with Crippen molar-refractivity contribution >= 4 is 16.9 Å².